The molecule has 0 aromatic heterocycles. The van der Waals surface area contributed by atoms with E-state index in [1.165, 1.54) is 24.1 Å². The van der Waals surface area contributed by atoms with Gasteiger partial charge in [0.2, 0.25) is 0 Å². The fourth-order valence-electron chi connectivity index (χ4n) is 0.911. The van der Waals surface area contributed by atoms with Gasteiger partial charge in [0, 0.05) is 5.75 Å². The van der Waals surface area contributed by atoms with E-state index in [0.717, 1.165) is 11.3 Å². The fraction of sp³-hybridized carbons (Fsp3) is 0.250. The van der Waals surface area contributed by atoms with Crippen LogP contribution in [0.2, 0.25) is 0 Å². The summed E-state index contributed by atoms with van der Waals surface area (Å²) in [7, 11) is -4.02. The van der Waals surface area contributed by atoms with E-state index in [0.29, 0.717) is 6.54 Å². The Labute approximate surface area is 118 Å². The van der Waals surface area contributed by atoms with Crippen molar-refractivity contribution in [3.63, 3.8) is 0 Å². The molecule has 0 bridgehead atoms. The molecule has 0 radical (unpaired) electrons. The highest BCUT2D eigenvalue weighted by Gasteiger charge is 2.06. The van der Waals surface area contributed by atoms with Crippen molar-refractivity contribution in [3.05, 3.63) is 42.5 Å². The molecule has 0 saturated heterocycles. The average Bonchev–Trinajstić information content (AvgIpc) is 2.35. The molecule has 1 aromatic rings. The van der Waals surface area contributed by atoms with Crippen LogP contribution in [0.1, 0.15) is 5.56 Å². The number of nitrogens with zero attached hydrogens (tertiary/aromatic N) is 1. The first kappa shape index (κ1) is 17.7. The molecule has 1 aromatic carbocycles. The molecule has 0 aliphatic heterocycles. The molecule has 0 fully saturated rings. The lowest BCUT2D eigenvalue weighted by Crippen LogP contribution is -2.02. The molecule has 0 aliphatic rings. The SMILES string of the molecule is C=CCSNCC#N.Cc1ccc(S(=O)(=O)O)cc1. The maximum absolute atomic E-state index is 10.5. The Morgan fingerprint density at radius 3 is 2.47 bits per heavy atom. The Morgan fingerprint density at radius 1 is 1.47 bits per heavy atom. The van der Waals surface area contributed by atoms with Gasteiger partial charge in [-0.25, -0.2) is 4.72 Å². The summed E-state index contributed by atoms with van der Waals surface area (Å²) in [5.41, 5.74) is 0.956. The molecule has 104 valence electrons. The highest BCUT2D eigenvalue weighted by molar-refractivity contribution is 7.97. The minimum Gasteiger partial charge on any atom is -0.282 e. The van der Waals surface area contributed by atoms with E-state index in [2.05, 4.69) is 11.3 Å². The van der Waals surface area contributed by atoms with Crippen molar-refractivity contribution in [2.24, 2.45) is 0 Å². The van der Waals surface area contributed by atoms with Crippen molar-refractivity contribution >= 4 is 22.1 Å². The minimum absolute atomic E-state index is 0.0666. The van der Waals surface area contributed by atoms with Gasteiger partial charge in [-0.2, -0.15) is 13.7 Å². The maximum Gasteiger partial charge on any atom is 0.294 e. The van der Waals surface area contributed by atoms with E-state index in [1.54, 1.807) is 18.2 Å². The van der Waals surface area contributed by atoms with Gasteiger partial charge in [-0.05, 0) is 19.1 Å². The third kappa shape index (κ3) is 9.27. The third-order valence-electron chi connectivity index (χ3n) is 1.77. The summed E-state index contributed by atoms with van der Waals surface area (Å²) >= 11 is 1.49. The zero-order valence-electron chi connectivity index (χ0n) is 10.5. The highest BCUT2D eigenvalue weighted by Crippen LogP contribution is 2.08. The number of benzene rings is 1. The second kappa shape index (κ2) is 9.58. The minimum atomic E-state index is -4.02. The molecule has 0 amide bonds. The molecule has 2 N–H and O–H groups in total. The summed E-state index contributed by atoms with van der Waals surface area (Å²) in [6.07, 6.45) is 1.79. The van der Waals surface area contributed by atoms with Gasteiger partial charge < -0.3 is 0 Å². The number of hydrogen-bond donors (Lipinski definition) is 2. The molecular formula is C12H16N2O3S2. The smallest absolute Gasteiger partial charge is 0.282 e. The van der Waals surface area contributed by atoms with Crippen LogP contribution < -0.4 is 4.72 Å². The molecule has 0 aliphatic carbocycles. The fourth-order valence-corrected chi connectivity index (χ4v) is 1.79. The van der Waals surface area contributed by atoms with Gasteiger partial charge in [-0.3, -0.25) is 4.55 Å². The summed E-state index contributed by atoms with van der Waals surface area (Å²) < 4.78 is 32.4. The van der Waals surface area contributed by atoms with Crippen LogP contribution in [0.15, 0.2) is 41.8 Å². The molecule has 1 rings (SSSR count). The van der Waals surface area contributed by atoms with Gasteiger partial charge in [0.15, 0.2) is 0 Å². The number of nitriles is 1. The largest absolute Gasteiger partial charge is 0.294 e. The van der Waals surface area contributed by atoms with Crippen LogP contribution in [0.5, 0.6) is 0 Å². The van der Waals surface area contributed by atoms with Crippen LogP contribution in [0.25, 0.3) is 0 Å². The Balaban J connectivity index is 0.000000362. The first-order valence-corrected chi connectivity index (χ1v) is 7.71. The summed E-state index contributed by atoms with van der Waals surface area (Å²) in [5.74, 6) is 0.849. The molecule has 0 atom stereocenters. The van der Waals surface area contributed by atoms with Crippen LogP contribution in [-0.4, -0.2) is 25.3 Å². The van der Waals surface area contributed by atoms with Crippen molar-refractivity contribution in [2.45, 2.75) is 11.8 Å². The van der Waals surface area contributed by atoms with Gasteiger partial charge in [0.1, 0.15) is 0 Å². The number of aryl methyl sites for hydroxylation is 1. The Hall–Kier alpha value is -1.33. The molecular weight excluding hydrogens is 284 g/mol. The second-order valence-electron chi connectivity index (χ2n) is 3.37. The van der Waals surface area contributed by atoms with Crippen LogP contribution in [0.4, 0.5) is 0 Å². The molecule has 0 heterocycles. The summed E-state index contributed by atoms with van der Waals surface area (Å²) in [6, 6.07) is 7.95. The molecule has 19 heavy (non-hydrogen) atoms. The Morgan fingerprint density at radius 2 is 2.05 bits per heavy atom. The van der Waals surface area contributed by atoms with E-state index in [9.17, 15) is 8.42 Å². The lowest BCUT2D eigenvalue weighted by Gasteiger charge is -1.95. The molecule has 0 spiro atoms. The molecule has 0 unspecified atom stereocenters. The molecule has 5 nitrogen and oxygen atoms in total. The van der Waals surface area contributed by atoms with Crippen LogP contribution >= 0.6 is 11.9 Å². The topological polar surface area (TPSA) is 90.2 Å². The predicted molar refractivity (Wildman–Crippen MR) is 77.3 cm³/mol. The van der Waals surface area contributed by atoms with Gasteiger partial charge in [0.05, 0.1) is 17.5 Å². The predicted octanol–water partition coefficient (Wildman–Crippen LogP) is 2.18. The van der Waals surface area contributed by atoms with Crippen LogP contribution in [-0.2, 0) is 10.1 Å². The monoisotopic (exact) mass is 300 g/mol. The normalized spacial score (nSPS) is 9.95. The van der Waals surface area contributed by atoms with Crippen molar-refractivity contribution in [3.8, 4) is 6.07 Å². The summed E-state index contributed by atoms with van der Waals surface area (Å²) in [4.78, 5) is -0.0666. The lowest BCUT2D eigenvalue weighted by molar-refractivity contribution is 0.483. The maximum atomic E-state index is 10.5. The van der Waals surface area contributed by atoms with E-state index in [1.807, 2.05) is 13.0 Å². The van der Waals surface area contributed by atoms with Crippen molar-refractivity contribution < 1.29 is 13.0 Å². The lowest BCUT2D eigenvalue weighted by atomic mass is 10.2. The van der Waals surface area contributed by atoms with E-state index < -0.39 is 10.1 Å². The highest BCUT2D eigenvalue weighted by atomic mass is 32.2. The van der Waals surface area contributed by atoms with Gasteiger partial charge in [0.25, 0.3) is 10.1 Å². The summed E-state index contributed by atoms with van der Waals surface area (Å²) in [6.45, 7) is 5.76. The zero-order chi connectivity index (χ0) is 14.7. The van der Waals surface area contributed by atoms with Crippen molar-refractivity contribution in [1.82, 2.24) is 4.72 Å². The number of rotatable bonds is 5. The van der Waals surface area contributed by atoms with Gasteiger partial charge in [-0.15, -0.1) is 6.58 Å². The Bertz CT molecular complexity index is 519. The van der Waals surface area contributed by atoms with E-state index in [4.69, 9.17) is 9.81 Å². The number of hydrogen-bond acceptors (Lipinski definition) is 5. The zero-order valence-corrected chi connectivity index (χ0v) is 12.2. The quantitative estimate of drug-likeness (QED) is 0.285. The van der Waals surface area contributed by atoms with Gasteiger partial charge >= 0.3 is 0 Å². The standard InChI is InChI=1S/C7H8O3S.C5H8N2S/c1-6-2-4-7(5-3-6)11(8,9)10;1-2-5-8-7-4-3-6/h2-5H,1H3,(H,8,9,10);2,7H,1,4-5H2. The third-order valence-corrected chi connectivity index (χ3v) is 3.39. The second-order valence-corrected chi connectivity index (χ2v) is 5.70. The van der Waals surface area contributed by atoms with Gasteiger partial charge in [-0.1, -0.05) is 35.7 Å². The van der Waals surface area contributed by atoms with Crippen molar-refractivity contribution in [1.29, 1.82) is 5.26 Å². The van der Waals surface area contributed by atoms with Crippen LogP contribution in [0.3, 0.4) is 0 Å². The molecule has 7 heteroatoms. The first-order chi connectivity index (χ1) is 8.91. The molecule has 0 saturated carbocycles. The average molecular weight is 300 g/mol. The number of nitrogens with one attached hydrogen (secondary N) is 1. The summed E-state index contributed by atoms with van der Waals surface area (Å²) in [5, 5.41) is 8.01. The Kier molecular flexibility index (Phi) is 8.91. The van der Waals surface area contributed by atoms with Crippen LogP contribution in [0, 0.1) is 18.3 Å². The van der Waals surface area contributed by atoms with E-state index >= 15 is 0 Å². The first-order valence-electron chi connectivity index (χ1n) is 5.28. The van der Waals surface area contributed by atoms with Crippen molar-refractivity contribution in [2.75, 3.05) is 12.3 Å². The van der Waals surface area contributed by atoms with E-state index in [-0.39, 0.29) is 4.90 Å².